The molecule has 0 bridgehead atoms. The van der Waals surface area contributed by atoms with Gasteiger partial charge in [0.1, 0.15) is 5.75 Å². The van der Waals surface area contributed by atoms with Gasteiger partial charge in [-0.25, -0.2) is 5.43 Å². The predicted octanol–water partition coefficient (Wildman–Crippen LogP) is 5.26. The summed E-state index contributed by atoms with van der Waals surface area (Å²) in [7, 11) is 0. The van der Waals surface area contributed by atoms with Gasteiger partial charge in [-0.3, -0.25) is 4.79 Å². The van der Waals surface area contributed by atoms with Crippen molar-refractivity contribution >= 4 is 22.4 Å². The van der Waals surface area contributed by atoms with Crippen molar-refractivity contribution in [3.05, 3.63) is 77.9 Å². The Balaban J connectivity index is 1.62. The molecule has 0 heterocycles. The summed E-state index contributed by atoms with van der Waals surface area (Å²) in [5, 5.41) is 16.6. The first kappa shape index (κ1) is 18.2. The van der Waals surface area contributed by atoms with E-state index in [4.69, 9.17) is 0 Å². The average Bonchev–Trinajstić information content (AvgIpc) is 2.75. The smallest absolute Gasteiger partial charge is 0.275 e. The topological polar surface area (TPSA) is 61.7 Å². The van der Waals surface area contributed by atoms with Gasteiger partial charge in [-0.2, -0.15) is 5.10 Å². The zero-order valence-electron chi connectivity index (χ0n) is 15.8. The van der Waals surface area contributed by atoms with Crippen molar-refractivity contribution in [2.45, 2.75) is 32.1 Å². The number of hydrazone groups is 1. The van der Waals surface area contributed by atoms with Gasteiger partial charge in [-0.05, 0) is 41.3 Å². The van der Waals surface area contributed by atoms with Gasteiger partial charge in [-0.15, -0.1) is 0 Å². The van der Waals surface area contributed by atoms with Crippen molar-refractivity contribution in [1.29, 1.82) is 0 Å². The number of benzene rings is 3. The van der Waals surface area contributed by atoms with E-state index >= 15 is 0 Å². The Morgan fingerprint density at radius 2 is 1.54 bits per heavy atom. The van der Waals surface area contributed by atoms with Gasteiger partial charge in [0.25, 0.3) is 5.91 Å². The fourth-order valence-electron chi connectivity index (χ4n) is 3.96. The summed E-state index contributed by atoms with van der Waals surface area (Å²) in [5.41, 5.74) is 4.89. The number of amides is 1. The summed E-state index contributed by atoms with van der Waals surface area (Å²) in [6.45, 7) is 0. The molecule has 1 amide bonds. The SMILES string of the molecule is O=C(N/N=C(/c1ccccc1)C1CCCCC1)c1cc2ccccc2cc1O. The van der Waals surface area contributed by atoms with Crippen LogP contribution in [0.15, 0.2) is 71.8 Å². The molecule has 0 saturated heterocycles. The number of hydrogen-bond acceptors (Lipinski definition) is 3. The average molecular weight is 372 g/mol. The van der Waals surface area contributed by atoms with Crippen LogP contribution >= 0.6 is 0 Å². The minimum absolute atomic E-state index is 0.0367. The van der Waals surface area contributed by atoms with Crippen molar-refractivity contribution in [3.8, 4) is 5.75 Å². The Morgan fingerprint density at radius 1 is 0.893 bits per heavy atom. The number of fused-ring (bicyclic) bond motifs is 1. The maximum Gasteiger partial charge on any atom is 0.275 e. The molecule has 1 aliphatic rings. The number of hydrogen-bond donors (Lipinski definition) is 2. The van der Waals surface area contributed by atoms with Crippen LogP contribution in [0.3, 0.4) is 0 Å². The van der Waals surface area contributed by atoms with E-state index in [0.717, 1.165) is 34.9 Å². The third-order valence-electron chi connectivity index (χ3n) is 5.45. The normalized spacial score (nSPS) is 15.5. The van der Waals surface area contributed by atoms with Gasteiger partial charge < -0.3 is 5.11 Å². The number of aromatic hydroxyl groups is 1. The maximum atomic E-state index is 12.7. The molecular weight excluding hydrogens is 348 g/mol. The van der Waals surface area contributed by atoms with Crippen molar-refractivity contribution in [2.75, 3.05) is 0 Å². The zero-order valence-corrected chi connectivity index (χ0v) is 15.8. The van der Waals surface area contributed by atoms with Crippen LogP contribution in [0.5, 0.6) is 5.75 Å². The molecule has 4 nitrogen and oxygen atoms in total. The van der Waals surface area contributed by atoms with E-state index in [2.05, 4.69) is 10.5 Å². The van der Waals surface area contributed by atoms with Crippen molar-refractivity contribution in [3.63, 3.8) is 0 Å². The molecular formula is C24H24N2O2. The van der Waals surface area contributed by atoms with Crippen LogP contribution in [-0.4, -0.2) is 16.7 Å². The van der Waals surface area contributed by atoms with E-state index < -0.39 is 5.91 Å². The molecule has 0 unspecified atom stereocenters. The van der Waals surface area contributed by atoms with Gasteiger partial charge in [0, 0.05) is 5.92 Å². The predicted molar refractivity (Wildman–Crippen MR) is 113 cm³/mol. The molecule has 0 aromatic heterocycles. The summed E-state index contributed by atoms with van der Waals surface area (Å²) >= 11 is 0. The largest absolute Gasteiger partial charge is 0.507 e. The first-order chi connectivity index (χ1) is 13.7. The number of phenolic OH excluding ortho intramolecular Hbond substituents is 1. The first-order valence-corrected chi connectivity index (χ1v) is 9.87. The van der Waals surface area contributed by atoms with Crippen LogP contribution in [0, 0.1) is 5.92 Å². The Labute approximate surface area is 164 Å². The maximum absolute atomic E-state index is 12.7. The molecule has 0 atom stereocenters. The quantitative estimate of drug-likeness (QED) is 0.485. The summed E-state index contributed by atoms with van der Waals surface area (Å²) < 4.78 is 0. The molecule has 0 aliphatic heterocycles. The fraction of sp³-hybridized carbons (Fsp3) is 0.250. The van der Waals surface area contributed by atoms with Gasteiger partial charge in [0.15, 0.2) is 0 Å². The summed E-state index contributed by atoms with van der Waals surface area (Å²) in [6.07, 6.45) is 5.82. The molecule has 4 heteroatoms. The molecule has 0 radical (unpaired) electrons. The number of nitrogens with zero attached hydrogens (tertiary/aromatic N) is 1. The van der Waals surface area contributed by atoms with E-state index in [1.165, 1.54) is 19.3 Å². The van der Waals surface area contributed by atoms with Crippen LogP contribution in [0.25, 0.3) is 10.8 Å². The number of nitrogens with one attached hydrogen (secondary N) is 1. The molecule has 3 aromatic rings. The second-order valence-corrected chi connectivity index (χ2v) is 7.36. The monoisotopic (exact) mass is 372 g/mol. The third-order valence-corrected chi connectivity index (χ3v) is 5.45. The molecule has 3 aromatic carbocycles. The minimum Gasteiger partial charge on any atom is -0.507 e. The van der Waals surface area contributed by atoms with Gasteiger partial charge in [0.05, 0.1) is 11.3 Å². The van der Waals surface area contributed by atoms with Crippen molar-refractivity contribution in [1.82, 2.24) is 5.43 Å². The highest BCUT2D eigenvalue weighted by molar-refractivity contribution is 6.05. The van der Waals surface area contributed by atoms with E-state index in [-0.39, 0.29) is 11.3 Å². The Morgan fingerprint density at radius 3 is 2.25 bits per heavy atom. The number of carbonyl (C=O) groups excluding carboxylic acids is 1. The minimum atomic E-state index is -0.396. The van der Waals surface area contributed by atoms with E-state index in [9.17, 15) is 9.90 Å². The molecule has 0 spiro atoms. The van der Waals surface area contributed by atoms with E-state index in [1.54, 1.807) is 12.1 Å². The molecule has 28 heavy (non-hydrogen) atoms. The highest BCUT2D eigenvalue weighted by atomic mass is 16.3. The van der Waals surface area contributed by atoms with Gasteiger partial charge in [0.2, 0.25) is 0 Å². The van der Waals surface area contributed by atoms with Crippen LogP contribution in [0.1, 0.15) is 48.0 Å². The van der Waals surface area contributed by atoms with Gasteiger partial charge in [-0.1, -0.05) is 73.9 Å². The summed E-state index contributed by atoms with van der Waals surface area (Å²) in [5.74, 6) is -0.0838. The lowest BCUT2D eigenvalue weighted by molar-refractivity contribution is 0.0952. The van der Waals surface area contributed by atoms with E-state index in [0.29, 0.717) is 5.92 Å². The van der Waals surface area contributed by atoms with Crippen LogP contribution < -0.4 is 5.43 Å². The highest BCUT2D eigenvalue weighted by Crippen LogP contribution is 2.28. The Bertz CT molecular complexity index is 1010. The number of rotatable bonds is 4. The summed E-state index contributed by atoms with van der Waals surface area (Å²) in [6, 6.07) is 21.0. The third kappa shape index (κ3) is 3.91. The summed E-state index contributed by atoms with van der Waals surface area (Å²) in [4.78, 5) is 12.7. The van der Waals surface area contributed by atoms with Crippen molar-refractivity contribution < 1.29 is 9.90 Å². The number of carbonyl (C=O) groups is 1. The fourth-order valence-corrected chi connectivity index (χ4v) is 3.96. The van der Waals surface area contributed by atoms with Crippen LogP contribution in [0.2, 0.25) is 0 Å². The lowest BCUT2D eigenvalue weighted by atomic mass is 9.83. The Hall–Kier alpha value is -3.14. The molecule has 2 N–H and O–H groups in total. The van der Waals surface area contributed by atoms with Gasteiger partial charge >= 0.3 is 0 Å². The lowest BCUT2D eigenvalue weighted by Gasteiger charge is -2.23. The second-order valence-electron chi connectivity index (χ2n) is 7.36. The standard InChI is InChI=1S/C24H24N2O2/c27-22-16-20-14-8-7-13-19(20)15-21(22)24(28)26-25-23(17-9-3-1-4-10-17)18-11-5-2-6-12-18/h1,3-4,7-10,13-16,18,27H,2,5-6,11-12H2,(H,26,28)/b25-23-. The number of phenols is 1. The molecule has 142 valence electrons. The van der Waals surface area contributed by atoms with Crippen LogP contribution in [0.4, 0.5) is 0 Å². The second kappa shape index (κ2) is 8.26. The molecule has 1 saturated carbocycles. The molecule has 1 aliphatic carbocycles. The van der Waals surface area contributed by atoms with E-state index in [1.807, 2.05) is 54.6 Å². The highest BCUT2D eigenvalue weighted by Gasteiger charge is 2.21. The first-order valence-electron chi connectivity index (χ1n) is 9.87. The molecule has 1 fully saturated rings. The zero-order chi connectivity index (χ0) is 19.3. The lowest BCUT2D eigenvalue weighted by Crippen LogP contribution is -2.25. The Kier molecular flexibility index (Phi) is 5.38. The van der Waals surface area contributed by atoms with Crippen molar-refractivity contribution in [2.24, 2.45) is 11.0 Å². The van der Waals surface area contributed by atoms with Crippen LogP contribution in [-0.2, 0) is 0 Å². The molecule has 4 rings (SSSR count).